The smallest absolute Gasteiger partial charge is 0.254 e. The number of benzene rings is 1. The zero-order chi connectivity index (χ0) is 22.3. The molecule has 3 aliphatic rings. The summed E-state index contributed by atoms with van der Waals surface area (Å²) in [6.45, 7) is 4.56. The summed E-state index contributed by atoms with van der Waals surface area (Å²) in [6, 6.07) is 7.24. The van der Waals surface area contributed by atoms with Crippen LogP contribution in [-0.4, -0.2) is 83.3 Å². The first-order chi connectivity index (χ1) is 15.4. The maximum atomic E-state index is 13.1. The standard InChI is InChI=1S/C21H24N6O3S2/c1-14-3-4-15(11-16(14)24-21-25-17-12-32(29,30)13-18(17)31-21)19(28)26-7-9-27(10-8-26)20-22-5-2-6-23-20/h2-6,11,17-18H,7-10,12-13H2,1H3,(H,24,25)/t17-,18+/m1/s1. The summed E-state index contributed by atoms with van der Waals surface area (Å²) in [6.07, 6.45) is 3.44. The van der Waals surface area contributed by atoms with Crippen LogP contribution in [0.15, 0.2) is 41.7 Å². The lowest BCUT2D eigenvalue weighted by molar-refractivity contribution is 0.0746. The Morgan fingerprint density at radius 1 is 1.12 bits per heavy atom. The Labute approximate surface area is 191 Å². The number of aryl methyl sites for hydroxylation is 1. The number of thioether (sulfide) groups is 1. The SMILES string of the molecule is Cc1ccc(C(=O)N2CCN(c3ncccn3)CC2)cc1NC1=N[C@@H]2CS(=O)(=O)C[C@@H]2S1. The molecule has 2 atom stereocenters. The fourth-order valence-electron chi connectivity index (χ4n) is 4.17. The summed E-state index contributed by atoms with van der Waals surface area (Å²) in [7, 11) is -2.98. The second-order valence-corrected chi connectivity index (χ2v) is 11.6. The number of anilines is 2. The first-order valence-electron chi connectivity index (χ1n) is 10.5. The van der Waals surface area contributed by atoms with Crippen LogP contribution in [0.4, 0.5) is 11.6 Å². The molecule has 0 bridgehead atoms. The number of hydrogen-bond acceptors (Lipinski definition) is 9. The van der Waals surface area contributed by atoms with Crippen LogP contribution < -0.4 is 10.2 Å². The molecule has 0 saturated carbocycles. The lowest BCUT2D eigenvalue weighted by Crippen LogP contribution is -2.49. The van der Waals surface area contributed by atoms with Crippen LogP contribution in [0.5, 0.6) is 0 Å². The molecule has 0 spiro atoms. The van der Waals surface area contributed by atoms with E-state index in [1.54, 1.807) is 18.5 Å². The van der Waals surface area contributed by atoms with E-state index >= 15 is 0 Å². The largest absolute Gasteiger partial charge is 0.337 e. The van der Waals surface area contributed by atoms with Gasteiger partial charge in [-0.3, -0.25) is 9.79 Å². The van der Waals surface area contributed by atoms with Crippen LogP contribution in [0.3, 0.4) is 0 Å². The Kier molecular flexibility index (Phi) is 5.54. The average Bonchev–Trinajstić information content (AvgIpc) is 3.28. The molecule has 5 rings (SSSR count). The number of nitrogens with one attached hydrogen (secondary N) is 1. The van der Waals surface area contributed by atoms with Crippen molar-refractivity contribution in [2.45, 2.75) is 18.2 Å². The average molecular weight is 473 g/mol. The second-order valence-electron chi connectivity index (χ2n) is 8.22. The number of carbonyl (C=O) groups is 1. The predicted octanol–water partition coefficient (Wildman–Crippen LogP) is 1.43. The summed E-state index contributed by atoms with van der Waals surface area (Å²) in [5.74, 6) is 0.974. The quantitative estimate of drug-likeness (QED) is 0.715. The van der Waals surface area contributed by atoms with Gasteiger partial charge in [0.15, 0.2) is 15.0 Å². The second kappa shape index (κ2) is 8.36. The Hall–Kier alpha value is -2.66. The fourth-order valence-corrected chi connectivity index (χ4v) is 7.84. The van der Waals surface area contributed by atoms with Gasteiger partial charge in [0.05, 0.1) is 17.5 Å². The van der Waals surface area contributed by atoms with E-state index in [1.165, 1.54) is 11.8 Å². The van der Waals surface area contributed by atoms with Gasteiger partial charge in [-0.25, -0.2) is 18.4 Å². The highest BCUT2D eigenvalue weighted by molar-refractivity contribution is 8.15. The van der Waals surface area contributed by atoms with Gasteiger partial charge < -0.3 is 15.1 Å². The van der Waals surface area contributed by atoms with Crippen molar-refractivity contribution < 1.29 is 13.2 Å². The van der Waals surface area contributed by atoms with Gasteiger partial charge in [0, 0.05) is 55.1 Å². The molecular formula is C21H24N6O3S2. The molecular weight excluding hydrogens is 448 g/mol. The summed E-state index contributed by atoms with van der Waals surface area (Å²) in [4.78, 5) is 30.2. The van der Waals surface area contributed by atoms with Gasteiger partial charge in [0.25, 0.3) is 5.91 Å². The van der Waals surface area contributed by atoms with E-state index in [-0.39, 0.29) is 28.7 Å². The normalized spacial score (nSPS) is 24.2. The number of piperazine rings is 1. The molecule has 0 radical (unpaired) electrons. The molecule has 168 valence electrons. The predicted molar refractivity (Wildman–Crippen MR) is 126 cm³/mol. The van der Waals surface area contributed by atoms with Gasteiger partial charge >= 0.3 is 0 Å². The van der Waals surface area contributed by atoms with E-state index in [1.807, 2.05) is 30.0 Å². The molecule has 0 unspecified atom stereocenters. The monoisotopic (exact) mass is 472 g/mol. The number of fused-ring (bicyclic) bond motifs is 1. The number of nitrogens with zero attached hydrogens (tertiary/aromatic N) is 5. The highest BCUT2D eigenvalue weighted by atomic mass is 32.2. The van der Waals surface area contributed by atoms with E-state index in [4.69, 9.17) is 0 Å². The van der Waals surface area contributed by atoms with Crippen LogP contribution in [0, 0.1) is 6.92 Å². The molecule has 2 saturated heterocycles. The van der Waals surface area contributed by atoms with Crippen molar-refractivity contribution in [2.24, 2.45) is 4.99 Å². The third kappa shape index (κ3) is 4.31. The zero-order valence-electron chi connectivity index (χ0n) is 17.6. The van der Waals surface area contributed by atoms with Crippen molar-refractivity contribution in [1.29, 1.82) is 0 Å². The third-order valence-electron chi connectivity index (χ3n) is 5.95. The van der Waals surface area contributed by atoms with Crippen LogP contribution in [0.2, 0.25) is 0 Å². The Balaban J connectivity index is 1.25. The van der Waals surface area contributed by atoms with Crippen molar-refractivity contribution in [3.63, 3.8) is 0 Å². The fraction of sp³-hybridized carbons (Fsp3) is 0.429. The number of aromatic nitrogens is 2. The van der Waals surface area contributed by atoms with E-state index in [0.717, 1.165) is 16.4 Å². The van der Waals surface area contributed by atoms with Crippen molar-refractivity contribution >= 4 is 44.3 Å². The van der Waals surface area contributed by atoms with Gasteiger partial charge in [0.1, 0.15) is 0 Å². The van der Waals surface area contributed by atoms with E-state index in [0.29, 0.717) is 37.7 Å². The van der Waals surface area contributed by atoms with Crippen molar-refractivity contribution in [2.75, 3.05) is 47.9 Å². The van der Waals surface area contributed by atoms with Crippen molar-refractivity contribution in [3.05, 3.63) is 47.8 Å². The van der Waals surface area contributed by atoms with E-state index in [9.17, 15) is 13.2 Å². The lowest BCUT2D eigenvalue weighted by atomic mass is 10.1. The number of carbonyl (C=O) groups excluding carboxylic acids is 1. The topological polar surface area (TPSA) is 108 Å². The molecule has 1 aromatic heterocycles. The molecule has 11 heteroatoms. The highest BCUT2D eigenvalue weighted by Gasteiger charge is 2.42. The minimum atomic E-state index is -2.98. The molecule has 1 N–H and O–H groups in total. The van der Waals surface area contributed by atoms with Gasteiger partial charge in [-0.1, -0.05) is 17.8 Å². The minimum absolute atomic E-state index is 0.00865. The summed E-state index contributed by atoms with van der Waals surface area (Å²) in [5.41, 5.74) is 2.44. The molecule has 2 fully saturated rings. The number of rotatable bonds is 3. The number of sulfone groups is 1. The van der Waals surface area contributed by atoms with E-state index in [2.05, 4.69) is 25.2 Å². The van der Waals surface area contributed by atoms with Gasteiger partial charge in [-0.2, -0.15) is 0 Å². The molecule has 4 heterocycles. The van der Waals surface area contributed by atoms with Gasteiger partial charge in [-0.05, 0) is 30.7 Å². The van der Waals surface area contributed by atoms with Crippen LogP contribution >= 0.6 is 11.8 Å². The first-order valence-corrected chi connectivity index (χ1v) is 13.2. The number of amides is 1. The minimum Gasteiger partial charge on any atom is -0.337 e. The number of amidine groups is 1. The molecule has 3 aliphatic heterocycles. The first kappa shape index (κ1) is 21.2. The summed E-state index contributed by atoms with van der Waals surface area (Å²) in [5, 5.41) is 4.02. The molecule has 1 aromatic carbocycles. The zero-order valence-corrected chi connectivity index (χ0v) is 19.3. The molecule has 0 aliphatic carbocycles. The molecule has 2 aromatic rings. The summed E-state index contributed by atoms with van der Waals surface area (Å²) < 4.78 is 23.6. The Bertz CT molecular complexity index is 1160. The van der Waals surface area contributed by atoms with Gasteiger partial charge in [-0.15, -0.1) is 0 Å². The lowest BCUT2D eigenvalue weighted by Gasteiger charge is -2.34. The Morgan fingerprint density at radius 3 is 2.59 bits per heavy atom. The third-order valence-corrected chi connectivity index (χ3v) is 9.09. The van der Waals surface area contributed by atoms with Crippen LogP contribution in [0.1, 0.15) is 15.9 Å². The van der Waals surface area contributed by atoms with Crippen LogP contribution in [-0.2, 0) is 9.84 Å². The number of aliphatic imine (C=N–C) groups is 1. The molecule has 9 nitrogen and oxygen atoms in total. The highest BCUT2D eigenvalue weighted by Crippen LogP contribution is 2.35. The number of hydrogen-bond donors (Lipinski definition) is 1. The maximum Gasteiger partial charge on any atom is 0.254 e. The summed E-state index contributed by atoms with van der Waals surface area (Å²) >= 11 is 1.47. The maximum absolute atomic E-state index is 13.1. The molecule has 1 amide bonds. The van der Waals surface area contributed by atoms with Crippen molar-refractivity contribution in [3.8, 4) is 0 Å². The molecule has 32 heavy (non-hydrogen) atoms. The van der Waals surface area contributed by atoms with Crippen molar-refractivity contribution in [1.82, 2.24) is 14.9 Å². The Morgan fingerprint density at radius 2 is 1.88 bits per heavy atom. The van der Waals surface area contributed by atoms with Gasteiger partial charge in [0.2, 0.25) is 5.95 Å². The van der Waals surface area contributed by atoms with Crippen LogP contribution in [0.25, 0.3) is 0 Å². The van der Waals surface area contributed by atoms with E-state index < -0.39 is 9.84 Å².